The summed E-state index contributed by atoms with van der Waals surface area (Å²) in [6, 6.07) is 0. The van der Waals surface area contributed by atoms with Crippen LogP contribution < -0.4 is 5.32 Å². The third-order valence-electron chi connectivity index (χ3n) is 2.05. The molecule has 1 aromatic heterocycles. The maximum absolute atomic E-state index is 11.5. The van der Waals surface area contributed by atoms with Crippen LogP contribution in [0.3, 0.4) is 0 Å². The fourth-order valence-corrected chi connectivity index (χ4v) is 1.88. The number of aromatic nitrogens is 2. The molecule has 0 aliphatic rings. The number of H-pyrrole nitrogens is 1. The van der Waals surface area contributed by atoms with Crippen molar-refractivity contribution >= 4 is 15.7 Å². The third kappa shape index (κ3) is 4.01. The van der Waals surface area contributed by atoms with Crippen LogP contribution in [0.1, 0.15) is 22.5 Å². The predicted octanol–water partition coefficient (Wildman–Crippen LogP) is -0.117. The summed E-state index contributed by atoms with van der Waals surface area (Å²) in [7, 11) is -2.95. The van der Waals surface area contributed by atoms with E-state index in [1.165, 1.54) is 12.5 Å². The monoisotopic (exact) mass is 245 g/mol. The first-order valence-electron chi connectivity index (χ1n) is 4.86. The van der Waals surface area contributed by atoms with Gasteiger partial charge in [0.1, 0.15) is 9.84 Å². The zero-order valence-corrected chi connectivity index (χ0v) is 10.1. The molecule has 0 aliphatic heterocycles. The molecule has 6 nitrogen and oxygen atoms in total. The molecule has 0 aliphatic carbocycles. The van der Waals surface area contributed by atoms with Gasteiger partial charge in [-0.15, -0.1) is 0 Å². The van der Waals surface area contributed by atoms with E-state index in [1.807, 2.05) is 0 Å². The molecule has 0 radical (unpaired) electrons. The van der Waals surface area contributed by atoms with Gasteiger partial charge in [0.15, 0.2) is 0 Å². The van der Waals surface area contributed by atoms with E-state index in [4.69, 9.17) is 0 Å². The normalized spacial score (nSPS) is 11.4. The highest BCUT2D eigenvalue weighted by Crippen LogP contribution is 2.01. The van der Waals surface area contributed by atoms with Crippen molar-refractivity contribution in [3.63, 3.8) is 0 Å². The van der Waals surface area contributed by atoms with Crippen LogP contribution in [0.15, 0.2) is 6.20 Å². The maximum Gasteiger partial charge on any atom is 0.254 e. The molecule has 0 bridgehead atoms. The molecule has 0 fully saturated rings. The van der Waals surface area contributed by atoms with E-state index >= 15 is 0 Å². The molecule has 1 rings (SSSR count). The van der Waals surface area contributed by atoms with Crippen LogP contribution in [0.2, 0.25) is 0 Å². The van der Waals surface area contributed by atoms with Crippen LogP contribution in [-0.2, 0) is 9.84 Å². The minimum Gasteiger partial charge on any atom is -0.352 e. The Balaban J connectivity index is 2.35. The van der Waals surface area contributed by atoms with Crippen LogP contribution in [0.4, 0.5) is 0 Å². The summed E-state index contributed by atoms with van der Waals surface area (Å²) in [5.41, 5.74) is 1.18. The molecule has 1 aromatic rings. The fraction of sp³-hybridized carbons (Fsp3) is 0.556. The van der Waals surface area contributed by atoms with Crippen molar-refractivity contribution in [3.8, 4) is 0 Å². The first-order chi connectivity index (χ1) is 7.40. The average Bonchev–Trinajstić information content (AvgIpc) is 2.57. The van der Waals surface area contributed by atoms with Gasteiger partial charge in [-0.25, -0.2) is 8.42 Å². The Kier molecular flexibility index (Phi) is 4.05. The van der Waals surface area contributed by atoms with Crippen LogP contribution >= 0.6 is 0 Å². The van der Waals surface area contributed by atoms with Gasteiger partial charge >= 0.3 is 0 Å². The lowest BCUT2D eigenvalue weighted by atomic mass is 10.2. The second kappa shape index (κ2) is 5.11. The molecule has 2 N–H and O–H groups in total. The Morgan fingerprint density at radius 1 is 1.56 bits per heavy atom. The highest BCUT2D eigenvalue weighted by Gasteiger charge is 2.10. The number of rotatable bonds is 5. The van der Waals surface area contributed by atoms with Gasteiger partial charge in [-0.2, -0.15) is 5.10 Å². The van der Waals surface area contributed by atoms with Gasteiger partial charge in [-0.1, -0.05) is 0 Å². The summed E-state index contributed by atoms with van der Waals surface area (Å²) in [5, 5.41) is 9.02. The van der Waals surface area contributed by atoms with Crippen LogP contribution in [0.5, 0.6) is 0 Å². The smallest absolute Gasteiger partial charge is 0.254 e. The van der Waals surface area contributed by atoms with Gasteiger partial charge in [0.2, 0.25) is 0 Å². The molecular formula is C9H15N3O3S. The number of carbonyl (C=O) groups is 1. The Bertz CT molecular complexity index is 464. The maximum atomic E-state index is 11.5. The Morgan fingerprint density at radius 2 is 2.25 bits per heavy atom. The fourth-order valence-electron chi connectivity index (χ4n) is 1.21. The Labute approximate surface area is 94.4 Å². The molecule has 0 aromatic carbocycles. The molecule has 0 spiro atoms. The van der Waals surface area contributed by atoms with Gasteiger partial charge < -0.3 is 5.32 Å². The largest absolute Gasteiger partial charge is 0.352 e. The van der Waals surface area contributed by atoms with E-state index < -0.39 is 9.84 Å². The van der Waals surface area contributed by atoms with Crippen molar-refractivity contribution in [1.29, 1.82) is 0 Å². The number of nitrogens with one attached hydrogen (secondary N) is 2. The molecule has 0 atom stereocenters. The third-order valence-corrected chi connectivity index (χ3v) is 3.08. The summed E-state index contributed by atoms with van der Waals surface area (Å²) in [6.45, 7) is 2.09. The molecule has 1 heterocycles. The second-order valence-corrected chi connectivity index (χ2v) is 5.91. The predicted molar refractivity (Wildman–Crippen MR) is 60.0 cm³/mol. The number of hydrogen-bond donors (Lipinski definition) is 2. The molecule has 0 unspecified atom stereocenters. The molecule has 90 valence electrons. The summed E-state index contributed by atoms with van der Waals surface area (Å²) < 4.78 is 21.7. The number of aryl methyl sites for hydroxylation is 1. The number of carbonyl (C=O) groups excluding carboxylic acids is 1. The molecule has 16 heavy (non-hydrogen) atoms. The topological polar surface area (TPSA) is 91.9 Å². The van der Waals surface area contributed by atoms with Gasteiger partial charge in [0.25, 0.3) is 5.91 Å². The minimum absolute atomic E-state index is 0.0810. The summed E-state index contributed by atoms with van der Waals surface area (Å²) in [4.78, 5) is 11.5. The number of sulfone groups is 1. The van der Waals surface area contributed by atoms with E-state index in [9.17, 15) is 13.2 Å². The SMILES string of the molecule is Cc1[nH]ncc1C(=O)NCCCS(C)(=O)=O. The van der Waals surface area contributed by atoms with Crippen LogP contribution in [0, 0.1) is 6.92 Å². The molecule has 1 amide bonds. The molecular weight excluding hydrogens is 230 g/mol. The van der Waals surface area contributed by atoms with Gasteiger partial charge in [0.05, 0.1) is 17.5 Å². The quantitative estimate of drug-likeness (QED) is 0.708. The lowest BCUT2D eigenvalue weighted by Crippen LogP contribution is -2.26. The summed E-state index contributed by atoms with van der Waals surface area (Å²) in [6.07, 6.45) is 3.04. The van der Waals surface area contributed by atoms with Crippen molar-refractivity contribution in [2.75, 3.05) is 18.6 Å². The first-order valence-corrected chi connectivity index (χ1v) is 6.92. The van der Waals surface area contributed by atoms with Crippen molar-refractivity contribution in [1.82, 2.24) is 15.5 Å². The van der Waals surface area contributed by atoms with E-state index in [1.54, 1.807) is 6.92 Å². The molecule has 0 saturated heterocycles. The zero-order chi connectivity index (χ0) is 12.2. The molecule has 0 saturated carbocycles. The molecule has 7 heteroatoms. The average molecular weight is 245 g/mol. The van der Waals surface area contributed by atoms with E-state index in [0.29, 0.717) is 24.2 Å². The number of amides is 1. The van der Waals surface area contributed by atoms with Gasteiger partial charge in [0, 0.05) is 18.5 Å². The lowest BCUT2D eigenvalue weighted by molar-refractivity contribution is 0.0953. The second-order valence-electron chi connectivity index (χ2n) is 3.65. The number of hydrogen-bond acceptors (Lipinski definition) is 4. The van der Waals surface area contributed by atoms with E-state index in [-0.39, 0.29) is 11.7 Å². The summed E-state index contributed by atoms with van der Waals surface area (Å²) in [5.74, 6) is -0.155. The Morgan fingerprint density at radius 3 is 2.75 bits per heavy atom. The van der Waals surface area contributed by atoms with E-state index in [0.717, 1.165) is 0 Å². The van der Waals surface area contributed by atoms with Crippen molar-refractivity contribution < 1.29 is 13.2 Å². The van der Waals surface area contributed by atoms with Gasteiger partial charge in [-0.3, -0.25) is 9.89 Å². The minimum atomic E-state index is -2.95. The number of aromatic amines is 1. The van der Waals surface area contributed by atoms with Crippen molar-refractivity contribution in [2.45, 2.75) is 13.3 Å². The highest BCUT2D eigenvalue weighted by atomic mass is 32.2. The standard InChI is InChI=1S/C9H15N3O3S/c1-7-8(6-11-12-7)9(13)10-4-3-5-16(2,14)15/h6H,3-5H2,1-2H3,(H,10,13)(H,11,12). The number of nitrogens with zero attached hydrogens (tertiary/aromatic N) is 1. The lowest BCUT2D eigenvalue weighted by Gasteiger charge is -2.03. The Hall–Kier alpha value is -1.37. The van der Waals surface area contributed by atoms with E-state index in [2.05, 4.69) is 15.5 Å². The van der Waals surface area contributed by atoms with Crippen molar-refractivity contribution in [3.05, 3.63) is 17.5 Å². The van der Waals surface area contributed by atoms with Crippen LogP contribution in [-0.4, -0.2) is 43.1 Å². The van der Waals surface area contributed by atoms with Gasteiger partial charge in [-0.05, 0) is 13.3 Å². The van der Waals surface area contributed by atoms with Crippen molar-refractivity contribution in [2.24, 2.45) is 0 Å². The highest BCUT2D eigenvalue weighted by molar-refractivity contribution is 7.90. The van der Waals surface area contributed by atoms with Crippen LogP contribution in [0.25, 0.3) is 0 Å². The summed E-state index contributed by atoms with van der Waals surface area (Å²) >= 11 is 0. The first kappa shape index (κ1) is 12.7. The zero-order valence-electron chi connectivity index (χ0n) is 9.28.